The number of fused-ring (bicyclic) bond motifs is 1. The summed E-state index contributed by atoms with van der Waals surface area (Å²) in [6.45, 7) is 1.23. The number of benzene rings is 1. The number of halogens is 2. The summed E-state index contributed by atoms with van der Waals surface area (Å²) in [5.41, 5.74) is 20.4. The molecule has 7 N–H and O–H groups in total. The van der Waals surface area contributed by atoms with Crippen LogP contribution >= 0.6 is 11.8 Å². The molecule has 3 heterocycles. The van der Waals surface area contributed by atoms with E-state index in [2.05, 4.69) is 9.88 Å². The molecule has 3 atom stereocenters. The fraction of sp³-hybridized carbons (Fsp3) is 0.417. The van der Waals surface area contributed by atoms with Crippen molar-refractivity contribution >= 4 is 29.0 Å². The summed E-state index contributed by atoms with van der Waals surface area (Å²) in [5.74, 6) is -2.70. The van der Waals surface area contributed by atoms with Crippen LogP contribution in [-0.2, 0) is 11.2 Å². The van der Waals surface area contributed by atoms with Gasteiger partial charge in [-0.15, -0.1) is 0 Å². The lowest BCUT2D eigenvalue weighted by atomic mass is 10.0. The molecule has 36 heavy (non-hydrogen) atoms. The average molecular weight is 519 g/mol. The van der Waals surface area contributed by atoms with Crippen molar-refractivity contribution in [3.8, 4) is 5.75 Å². The number of pyridine rings is 1. The number of amides is 1. The first-order valence-corrected chi connectivity index (χ1v) is 12.6. The molecule has 3 aliphatic rings. The van der Waals surface area contributed by atoms with Crippen LogP contribution in [0.15, 0.2) is 29.1 Å². The number of hydrogen-bond donors (Lipinski definition) is 4. The Kier molecular flexibility index (Phi) is 6.43. The van der Waals surface area contributed by atoms with Crippen molar-refractivity contribution in [1.29, 1.82) is 0 Å². The first kappa shape index (κ1) is 24.6. The van der Waals surface area contributed by atoms with Crippen LogP contribution in [0.4, 0.5) is 20.2 Å². The molecule has 1 aromatic heterocycles. The van der Waals surface area contributed by atoms with Gasteiger partial charge in [0.1, 0.15) is 16.9 Å². The summed E-state index contributed by atoms with van der Waals surface area (Å²) < 4.78 is 35.7. The molecular formula is C24H28F2N6O3S. The Balaban J connectivity index is 1.74. The van der Waals surface area contributed by atoms with Gasteiger partial charge in [0, 0.05) is 24.7 Å². The first-order valence-electron chi connectivity index (χ1n) is 11.7. The van der Waals surface area contributed by atoms with Gasteiger partial charge in [-0.05, 0) is 37.8 Å². The molecule has 0 saturated carbocycles. The molecule has 12 heteroatoms. The van der Waals surface area contributed by atoms with Crippen molar-refractivity contribution in [2.24, 2.45) is 17.2 Å². The van der Waals surface area contributed by atoms with Crippen LogP contribution in [0.1, 0.15) is 47.6 Å². The first-order chi connectivity index (χ1) is 17.2. The number of carbonyl (C=O) groups is 1. The monoisotopic (exact) mass is 518 g/mol. The Hall–Kier alpha value is -3.09. The zero-order chi connectivity index (χ0) is 25.7. The molecule has 1 aliphatic carbocycles. The topological polar surface area (TPSA) is 144 Å². The standard InChI is InChI=1S/C24H28F2N6O3S/c1-35-16-7-5-13(25)17(18(16)26)24-32(21(22(28)34)23(29)36-24)14-9-30-19-12(4-6-15(19)33)20(14)31-8-2-3-11(27)10-31/h5,7,9,11,15,24,33H,2-4,6,8,10,27,29H2,1H3,(H2,28,34)/t11-,15+,24?/m0/s1. The number of piperidine rings is 1. The van der Waals surface area contributed by atoms with E-state index in [0.29, 0.717) is 37.3 Å². The number of ether oxygens (including phenoxy) is 1. The van der Waals surface area contributed by atoms with Gasteiger partial charge in [-0.2, -0.15) is 0 Å². The van der Waals surface area contributed by atoms with Crippen molar-refractivity contribution in [2.45, 2.75) is 43.2 Å². The number of carbonyl (C=O) groups excluding carboxylic acids is 1. The Bertz CT molecular complexity index is 1260. The van der Waals surface area contributed by atoms with Gasteiger partial charge in [0.2, 0.25) is 0 Å². The third kappa shape index (κ3) is 3.93. The molecule has 2 aromatic rings. The number of thioether (sulfide) groups is 1. The van der Waals surface area contributed by atoms with Gasteiger partial charge in [0.05, 0.1) is 47.1 Å². The summed E-state index contributed by atoms with van der Waals surface area (Å²) in [6, 6.07) is 2.23. The second kappa shape index (κ2) is 9.41. The molecule has 1 saturated heterocycles. The summed E-state index contributed by atoms with van der Waals surface area (Å²) in [5, 5.41) is 9.46. The highest BCUT2D eigenvalue weighted by molar-refractivity contribution is 8.03. The highest BCUT2D eigenvalue weighted by Crippen LogP contribution is 2.53. The van der Waals surface area contributed by atoms with Gasteiger partial charge in [0.25, 0.3) is 5.91 Å². The number of nitrogens with two attached hydrogens (primary N) is 3. The van der Waals surface area contributed by atoms with Crippen LogP contribution in [0.25, 0.3) is 0 Å². The summed E-state index contributed by atoms with van der Waals surface area (Å²) in [4.78, 5) is 20.7. The van der Waals surface area contributed by atoms with E-state index in [-0.39, 0.29) is 28.1 Å². The van der Waals surface area contributed by atoms with Gasteiger partial charge < -0.3 is 36.8 Å². The molecule has 0 spiro atoms. The minimum absolute atomic E-state index is 0.0379. The summed E-state index contributed by atoms with van der Waals surface area (Å²) in [6.07, 6.45) is 3.54. The van der Waals surface area contributed by atoms with E-state index in [1.165, 1.54) is 24.3 Å². The molecule has 1 amide bonds. The molecule has 5 rings (SSSR count). The molecule has 9 nitrogen and oxygen atoms in total. The number of aliphatic hydroxyl groups excluding tert-OH is 1. The minimum atomic E-state index is -1.09. The lowest BCUT2D eigenvalue weighted by Gasteiger charge is -2.38. The number of nitrogens with zero attached hydrogens (tertiary/aromatic N) is 3. The highest BCUT2D eigenvalue weighted by Gasteiger charge is 2.43. The summed E-state index contributed by atoms with van der Waals surface area (Å²) in [7, 11) is 1.29. The maximum Gasteiger partial charge on any atom is 0.268 e. The van der Waals surface area contributed by atoms with E-state index in [0.717, 1.165) is 41.9 Å². The van der Waals surface area contributed by atoms with Gasteiger partial charge in [-0.1, -0.05) is 11.8 Å². The second-order valence-electron chi connectivity index (χ2n) is 9.15. The molecule has 1 aromatic carbocycles. The lowest BCUT2D eigenvalue weighted by molar-refractivity contribution is -0.114. The van der Waals surface area contributed by atoms with E-state index < -0.39 is 29.0 Å². The zero-order valence-electron chi connectivity index (χ0n) is 19.7. The molecule has 1 fully saturated rings. The predicted molar refractivity (Wildman–Crippen MR) is 133 cm³/mol. The number of anilines is 2. The van der Waals surface area contributed by atoms with Crippen LogP contribution in [-0.4, -0.2) is 42.2 Å². The van der Waals surface area contributed by atoms with Gasteiger partial charge >= 0.3 is 0 Å². The SMILES string of the molecule is COc1ccc(F)c(C2SC(N)=C(C(N)=O)N2c2cnc3c(c2N2CCC[C@H](N)C2)CC[C@H]3O)c1F. The molecule has 1 unspecified atom stereocenters. The maximum atomic E-state index is 15.5. The Labute approximate surface area is 211 Å². The highest BCUT2D eigenvalue weighted by atomic mass is 32.2. The van der Waals surface area contributed by atoms with E-state index in [1.807, 2.05) is 0 Å². The third-order valence-corrected chi connectivity index (χ3v) is 8.04. The van der Waals surface area contributed by atoms with Crippen LogP contribution in [0, 0.1) is 11.6 Å². The second-order valence-corrected chi connectivity index (χ2v) is 10.3. The quantitative estimate of drug-likeness (QED) is 0.468. The van der Waals surface area contributed by atoms with Crippen molar-refractivity contribution < 1.29 is 23.4 Å². The number of hydrogen-bond acceptors (Lipinski definition) is 9. The fourth-order valence-electron chi connectivity index (χ4n) is 5.31. The van der Waals surface area contributed by atoms with Crippen LogP contribution in [0.2, 0.25) is 0 Å². The fourth-order valence-corrected chi connectivity index (χ4v) is 6.52. The van der Waals surface area contributed by atoms with Crippen LogP contribution in [0.5, 0.6) is 5.75 Å². The smallest absolute Gasteiger partial charge is 0.268 e. The minimum Gasteiger partial charge on any atom is -0.494 e. The molecule has 0 radical (unpaired) electrons. The Morgan fingerprint density at radius 1 is 1.31 bits per heavy atom. The van der Waals surface area contributed by atoms with Crippen molar-refractivity contribution in [3.63, 3.8) is 0 Å². The number of rotatable bonds is 5. The van der Waals surface area contributed by atoms with Gasteiger partial charge in [-0.25, -0.2) is 8.78 Å². The maximum absolute atomic E-state index is 15.5. The van der Waals surface area contributed by atoms with Crippen LogP contribution < -0.4 is 31.7 Å². The molecular weight excluding hydrogens is 490 g/mol. The molecule has 0 bridgehead atoms. The normalized spacial score (nSPS) is 23.9. The zero-order valence-corrected chi connectivity index (χ0v) is 20.5. The largest absolute Gasteiger partial charge is 0.494 e. The average Bonchev–Trinajstić information content (AvgIpc) is 3.38. The summed E-state index contributed by atoms with van der Waals surface area (Å²) >= 11 is 0.922. The Morgan fingerprint density at radius 2 is 2.08 bits per heavy atom. The number of methoxy groups -OCH3 is 1. The number of aliphatic hydroxyl groups is 1. The lowest BCUT2D eigenvalue weighted by Crippen LogP contribution is -2.44. The van der Waals surface area contributed by atoms with E-state index in [9.17, 15) is 9.90 Å². The van der Waals surface area contributed by atoms with E-state index >= 15 is 8.78 Å². The number of primary amides is 1. The van der Waals surface area contributed by atoms with Gasteiger partial charge in [0.15, 0.2) is 11.6 Å². The predicted octanol–water partition coefficient (Wildman–Crippen LogP) is 2.14. The van der Waals surface area contributed by atoms with E-state index in [4.69, 9.17) is 21.9 Å². The van der Waals surface area contributed by atoms with Crippen LogP contribution in [0.3, 0.4) is 0 Å². The Morgan fingerprint density at radius 3 is 2.78 bits per heavy atom. The number of aromatic nitrogens is 1. The molecule has 2 aliphatic heterocycles. The van der Waals surface area contributed by atoms with Crippen molar-refractivity contribution in [2.75, 3.05) is 30.0 Å². The van der Waals surface area contributed by atoms with Crippen molar-refractivity contribution in [1.82, 2.24) is 4.98 Å². The molecule has 192 valence electrons. The third-order valence-electron chi connectivity index (χ3n) is 6.92. The van der Waals surface area contributed by atoms with Gasteiger partial charge in [-0.3, -0.25) is 9.78 Å². The van der Waals surface area contributed by atoms with Crippen molar-refractivity contribution in [3.05, 3.63) is 57.5 Å². The van der Waals surface area contributed by atoms with E-state index in [1.54, 1.807) is 0 Å².